The Kier molecular flexibility index (Phi) is 3.11. The number of halogens is 1. The van der Waals surface area contributed by atoms with Crippen molar-refractivity contribution in [1.82, 2.24) is 9.78 Å². The Labute approximate surface area is 136 Å². The first kappa shape index (κ1) is 14.2. The van der Waals surface area contributed by atoms with Gasteiger partial charge in [0, 0.05) is 5.54 Å². The van der Waals surface area contributed by atoms with Gasteiger partial charge in [0.1, 0.15) is 11.0 Å². The standard InChI is InChI=1S/C15H18BrN3O3/c16-13-11(6-17-19(14(13)22)7-12(20)21)18-15-4-8-1-9(5-15)3-10(15)2-8/h6,8-10,18H,1-5,7H2,(H,20,21). The van der Waals surface area contributed by atoms with E-state index in [0.29, 0.717) is 16.1 Å². The molecule has 4 saturated carbocycles. The number of anilines is 1. The van der Waals surface area contributed by atoms with Gasteiger partial charge < -0.3 is 10.4 Å². The number of hydrogen-bond donors (Lipinski definition) is 2. The van der Waals surface area contributed by atoms with Gasteiger partial charge in [-0.25, -0.2) is 4.68 Å². The number of nitrogens with zero attached hydrogens (tertiary/aromatic N) is 2. The van der Waals surface area contributed by atoms with Crippen LogP contribution in [0.3, 0.4) is 0 Å². The third-order valence-corrected chi connectivity index (χ3v) is 6.41. The van der Waals surface area contributed by atoms with Crippen molar-refractivity contribution in [2.45, 2.75) is 44.2 Å². The topological polar surface area (TPSA) is 84.2 Å². The lowest BCUT2D eigenvalue weighted by Crippen LogP contribution is -2.40. The predicted octanol–water partition coefficient (Wildman–Crippen LogP) is 2.08. The van der Waals surface area contributed by atoms with Crippen LogP contribution in [0.5, 0.6) is 0 Å². The van der Waals surface area contributed by atoms with Gasteiger partial charge in [0.2, 0.25) is 0 Å². The molecule has 0 amide bonds. The summed E-state index contributed by atoms with van der Waals surface area (Å²) >= 11 is 3.32. The minimum Gasteiger partial charge on any atom is -0.480 e. The van der Waals surface area contributed by atoms with Gasteiger partial charge in [-0.2, -0.15) is 5.10 Å². The van der Waals surface area contributed by atoms with Crippen molar-refractivity contribution in [2.75, 3.05) is 5.32 Å². The molecule has 4 bridgehead atoms. The fourth-order valence-electron chi connectivity index (χ4n) is 5.06. The van der Waals surface area contributed by atoms with E-state index in [1.807, 2.05) is 0 Å². The Morgan fingerprint density at radius 3 is 2.73 bits per heavy atom. The molecule has 1 heterocycles. The second kappa shape index (κ2) is 4.81. The first-order valence-electron chi connectivity index (χ1n) is 7.72. The van der Waals surface area contributed by atoms with Crippen molar-refractivity contribution in [3.05, 3.63) is 21.0 Å². The lowest BCUT2D eigenvalue weighted by atomic mass is 9.80. The second-order valence-corrected chi connectivity index (χ2v) is 7.85. The number of aliphatic carboxylic acids is 1. The first-order chi connectivity index (χ1) is 10.5. The Hall–Kier alpha value is -1.37. The summed E-state index contributed by atoms with van der Waals surface area (Å²) in [6, 6.07) is 0. The summed E-state index contributed by atoms with van der Waals surface area (Å²) in [6.07, 6.45) is 7.88. The van der Waals surface area contributed by atoms with E-state index >= 15 is 0 Å². The molecule has 2 N–H and O–H groups in total. The van der Waals surface area contributed by atoms with Crippen molar-refractivity contribution in [3.8, 4) is 0 Å². The monoisotopic (exact) mass is 367 g/mol. The molecule has 2 atom stereocenters. The number of carboxylic acids is 1. The Bertz CT molecular complexity index is 688. The number of hydrogen-bond acceptors (Lipinski definition) is 4. The minimum atomic E-state index is -1.08. The molecule has 118 valence electrons. The van der Waals surface area contributed by atoms with Crippen molar-refractivity contribution < 1.29 is 9.90 Å². The number of carboxylic acid groups (broad SMARTS) is 1. The first-order valence-corrected chi connectivity index (χ1v) is 8.52. The second-order valence-electron chi connectivity index (χ2n) is 7.05. The van der Waals surface area contributed by atoms with Crippen molar-refractivity contribution in [2.24, 2.45) is 17.8 Å². The average molecular weight is 368 g/mol. The third kappa shape index (κ3) is 2.09. The van der Waals surface area contributed by atoms with Crippen LogP contribution in [-0.4, -0.2) is 26.4 Å². The molecule has 5 rings (SSSR count). The smallest absolute Gasteiger partial charge is 0.325 e. The molecule has 4 fully saturated rings. The molecule has 4 aliphatic carbocycles. The summed E-state index contributed by atoms with van der Waals surface area (Å²) in [7, 11) is 0. The number of rotatable bonds is 4. The molecular weight excluding hydrogens is 350 g/mol. The summed E-state index contributed by atoms with van der Waals surface area (Å²) in [5, 5.41) is 16.4. The number of aromatic nitrogens is 2. The lowest BCUT2D eigenvalue weighted by Gasteiger charge is -2.35. The van der Waals surface area contributed by atoms with E-state index in [1.165, 1.54) is 32.1 Å². The molecule has 0 spiro atoms. The van der Waals surface area contributed by atoms with Crippen LogP contribution in [0.15, 0.2) is 15.5 Å². The van der Waals surface area contributed by atoms with Crippen LogP contribution in [0.4, 0.5) is 5.69 Å². The average Bonchev–Trinajstić information content (AvgIpc) is 2.83. The van der Waals surface area contributed by atoms with Gasteiger partial charge in [0.05, 0.1) is 11.9 Å². The molecule has 0 aromatic carbocycles. The van der Waals surface area contributed by atoms with E-state index in [4.69, 9.17) is 5.11 Å². The summed E-state index contributed by atoms with van der Waals surface area (Å²) in [5.41, 5.74) is 0.407. The fraction of sp³-hybridized carbons (Fsp3) is 0.667. The zero-order valence-electron chi connectivity index (χ0n) is 12.1. The number of nitrogens with one attached hydrogen (secondary N) is 1. The van der Waals surface area contributed by atoms with Crippen LogP contribution in [0, 0.1) is 17.8 Å². The van der Waals surface area contributed by atoms with Crippen LogP contribution >= 0.6 is 15.9 Å². The molecule has 2 unspecified atom stereocenters. The van der Waals surface area contributed by atoms with Crippen molar-refractivity contribution in [3.63, 3.8) is 0 Å². The van der Waals surface area contributed by atoms with E-state index in [0.717, 1.165) is 16.5 Å². The van der Waals surface area contributed by atoms with E-state index in [-0.39, 0.29) is 5.54 Å². The predicted molar refractivity (Wildman–Crippen MR) is 83.7 cm³/mol. The summed E-state index contributed by atoms with van der Waals surface area (Å²) in [6.45, 7) is -0.421. The van der Waals surface area contributed by atoms with E-state index in [2.05, 4.69) is 26.3 Å². The maximum atomic E-state index is 12.2. The Balaban J connectivity index is 1.63. The van der Waals surface area contributed by atoms with E-state index in [9.17, 15) is 9.59 Å². The highest BCUT2D eigenvalue weighted by molar-refractivity contribution is 9.10. The molecule has 0 aliphatic heterocycles. The molecular formula is C15H18BrN3O3. The molecule has 1 aromatic heterocycles. The van der Waals surface area contributed by atoms with Crippen LogP contribution < -0.4 is 10.9 Å². The lowest BCUT2D eigenvalue weighted by molar-refractivity contribution is -0.138. The van der Waals surface area contributed by atoms with Gasteiger partial charge >= 0.3 is 5.97 Å². The van der Waals surface area contributed by atoms with E-state index < -0.39 is 18.1 Å². The Morgan fingerprint density at radius 1 is 1.41 bits per heavy atom. The van der Waals surface area contributed by atoms with Gasteiger partial charge in [-0.1, -0.05) is 0 Å². The van der Waals surface area contributed by atoms with Crippen LogP contribution in [0.1, 0.15) is 32.1 Å². The van der Waals surface area contributed by atoms with Crippen LogP contribution in [0.2, 0.25) is 0 Å². The number of carbonyl (C=O) groups is 1. The van der Waals surface area contributed by atoms with Gasteiger partial charge in [0.15, 0.2) is 0 Å². The largest absolute Gasteiger partial charge is 0.480 e. The van der Waals surface area contributed by atoms with Gasteiger partial charge in [0.25, 0.3) is 5.56 Å². The molecule has 0 radical (unpaired) electrons. The maximum Gasteiger partial charge on any atom is 0.325 e. The normalized spacial score (nSPS) is 35.0. The summed E-state index contributed by atoms with van der Waals surface area (Å²) in [4.78, 5) is 23.0. The van der Waals surface area contributed by atoms with Gasteiger partial charge in [-0.15, -0.1) is 0 Å². The van der Waals surface area contributed by atoms with Gasteiger partial charge in [-0.3, -0.25) is 9.59 Å². The van der Waals surface area contributed by atoms with E-state index in [1.54, 1.807) is 6.20 Å². The van der Waals surface area contributed by atoms with Crippen molar-refractivity contribution in [1.29, 1.82) is 0 Å². The Morgan fingerprint density at radius 2 is 2.09 bits per heavy atom. The minimum absolute atomic E-state index is 0.114. The maximum absolute atomic E-state index is 12.2. The zero-order valence-corrected chi connectivity index (χ0v) is 13.7. The third-order valence-electron chi connectivity index (χ3n) is 5.64. The van der Waals surface area contributed by atoms with Gasteiger partial charge in [-0.05, 0) is 65.8 Å². The highest BCUT2D eigenvalue weighted by Gasteiger charge is 2.57. The SMILES string of the molecule is O=C(O)Cn1ncc(NC23CC4CC(CC2C4)C3)c(Br)c1=O. The molecule has 22 heavy (non-hydrogen) atoms. The van der Waals surface area contributed by atoms with Crippen molar-refractivity contribution >= 4 is 27.6 Å². The fourth-order valence-corrected chi connectivity index (χ4v) is 5.47. The molecule has 7 heteroatoms. The molecule has 0 saturated heterocycles. The highest BCUT2D eigenvalue weighted by Crippen LogP contribution is 2.61. The van der Waals surface area contributed by atoms with Crippen LogP contribution in [-0.2, 0) is 11.3 Å². The van der Waals surface area contributed by atoms with Crippen LogP contribution in [0.25, 0.3) is 0 Å². The summed E-state index contributed by atoms with van der Waals surface area (Å²) < 4.78 is 1.34. The summed E-state index contributed by atoms with van der Waals surface area (Å²) in [5.74, 6) is 1.27. The molecule has 4 aliphatic rings. The zero-order chi connectivity index (χ0) is 15.5. The molecule has 1 aromatic rings. The highest BCUT2D eigenvalue weighted by atomic mass is 79.9. The quantitative estimate of drug-likeness (QED) is 0.850. The molecule has 6 nitrogen and oxygen atoms in total.